The van der Waals surface area contributed by atoms with Gasteiger partial charge in [-0.05, 0) is 58.7 Å². The number of aromatic nitrogens is 1. The van der Waals surface area contributed by atoms with E-state index in [0.29, 0.717) is 11.3 Å². The number of carbonyl (C=O) groups is 4. The van der Waals surface area contributed by atoms with Crippen LogP contribution in [0.5, 0.6) is 0 Å². The number of likely N-dealkylation sites (tertiary alicyclic amines) is 1. The molecule has 1 aliphatic heterocycles. The van der Waals surface area contributed by atoms with E-state index in [2.05, 4.69) is 50.7 Å². The first kappa shape index (κ1) is 43.9. The molecule has 1 saturated heterocycles. The van der Waals surface area contributed by atoms with Gasteiger partial charge in [0, 0.05) is 37.0 Å². The average Bonchev–Trinajstić information content (AvgIpc) is 3.23. The number of pyridine rings is 1. The van der Waals surface area contributed by atoms with E-state index in [4.69, 9.17) is 9.16 Å². The van der Waals surface area contributed by atoms with Crippen LogP contribution in [-0.2, 0) is 30.0 Å². The summed E-state index contributed by atoms with van der Waals surface area (Å²) in [6, 6.07) is 39.0. The van der Waals surface area contributed by atoms with Crippen LogP contribution in [0.4, 0.5) is 5.69 Å². The quantitative estimate of drug-likeness (QED) is 0.0268. The minimum Gasteiger partial charge on any atom is -0.457 e. The Balaban J connectivity index is 1.50. The van der Waals surface area contributed by atoms with Gasteiger partial charge in [-0.1, -0.05) is 149 Å². The average molecular weight is 840 g/mol. The van der Waals surface area contributed by atoms with Gasteiger partial charge in [-0.2, -0.15) is 0 Å². The number of nitrogens with zero attached hydrogens (tertiary/aromatic N) is 2. The molecule has 0 spiro atoms. The second-order valence-electron chi connectivity index (χ2n) is 16.6. The number of Topliss-reactive ketones (excluding diaryl/α,β-unsaturated/α-hetero) is 1. The predicted molar refractivity (Wildman–Crippen MR) is 245 cm³/mol. The monoisotopic (exact) mass is 839 g/mol. The number of ketones is 1. The molecule has 0 saturated carbocycles. The Kier molecular flexibility index (Phi) is 13.7. The Morgan fingerprint density at radius 3 is 1.83 bits per heavy atom. The number of hydrogen-bond acceptors (Lipinski definition) is 7. The molecule has 0 radical (unpaired) electrons. The molecule has 60 heavy (non-hydrogen) atoms. The summed E-state index contributed by atoms with van der Waals surface area (Å²) in [5.74, 6) is -2.10. The van der Waals surface area contributed by atoms with Crippen molar-refractivity contribution in [1.29, 1.82) is 0 Å². The van der Waals surface area contributed by atoms with Crippen LogP contribution in [0.2, 0.25) is 18.1 Å². The molecular formula is C49H54N3O6PSi. The van der Waals surface area contributed by atoms with Crippen LogP contribution < -0.4 is 21.2 Å². The van der Waals surface area contributed by atoms with E-state index in [0.717, 1.165) is 21.5 Å². The molecule has 1 fully saturated rings. The Morgan fingerprint density at radius 2 is 1.35 bits per heavy atom. The highest BCUT2D eigenvalue weighted by molar-refractivity contribution is 7.96. The number of anilines is 1. The molecule has 3 atom stereocenters. The maximum Gasteiger partial charge on any atom is 0.356 e. The van der Waals surface area contributed by atoms with E-state index >= 15 is 9.59 Å². The summed E-state index contributed by atoms with van der Waals surface area (Å²) in [5.41, 5.74) is 2.00. The molecule has 2 heterocycles. The number of nitrogens with one attached hydrogen (secondary N) is 1. The van der Waals surface area contributed by atoms with Crippen LogP contribution in [0.15, 0.2) is 152 Å². The Hall–Kier alpha value is -5.67. The molecular weight excluding hydrogens is 786 g/mol. The lowest BCUT2D eigenvalue weighted by Gasteiger charge is -2.53. The van der Waals surface area contributed by atoms with Crippen LogP contribution >= 0.6 is 6.89 Å². The molecule has 0 aliphatic carbocycles. The molecule has 310 valence electrons. The fraction of sp³-hybridized carbons (Fsp3) is 0.265. The van der Waals surface area contributed by atoms with Gasteiger partial charge in [0.2, 0.25) is 11.8 Å². The number of β-lactam (4-membered cyclic amide) rings is 1. The zero-order chi connectivity index (χ0) is 43.1. The maximum absolute atomic E-state index is 15.2. The van der Waals surface area contributed by atoms with Crippen molar-refractivity contribution in [2.75, 3.05) is 11.9 Å². The van der Waals surface area contributed by atoms with E-state index in [1.807, 2.05) is 97.9 Å². The standard InChI is InChI=1S/C49H54N3O6PSi/c1-8-32-57-48(56)47(59(39-18-12-9-13-19-39,40-20-14-10-15-21-40)41-22-16-11-17-23-41)52-42(45(46(52)55)35(2)58-60(6,7)49(3,4)5)34-43(53)37-26-24-36(25-27-37)33-44(54)51-38-28-30-50-31-29-38/h8-31,35,42,45H,1,32-34H2,2-7H3,(H,50,51,54)/t35?,42-,45-/m1/s1. The molecule has 1 aromatic heterocycles. The van der Waals surface area contributed by atoms with Crippen molar-refractivity contribution in [1.82, 2.24) is 9.88 Å². The molecule has 1 aliphatic rings. The minimum absolute atomic E-state index is 0.0758. The normalized spacial score (nSPS) is 16.0. The molecule has 5 aromatic rings. The molecule has 2 amide bonds. The molecule has 0 bridgehead atoms. The third kappa shape index (κ3) is 9.21. The van der Waals surface area contributed by atoms with Gasteiger partial charge in [-0.3, -0.25) is 19.4 Å². The largest absolute Gasteiger partial charge is 0.457 e. The predicted octanol–water partition coefficient (Wildman–Crippen LogP) is 7.93. The smallest absolute Gasteiger partial charge is 0.356 e. The first-order valence-corrected chi connectivity index (χ1v) is 24.9. The lowest BCUT2D eigenvalue weighted by atomic mass is 9.79. The van der Waals surface area contributed by atoms with Gasteiger partial charge < -0.3 is 19.4 Å². The van der Waals surface area contributed by atoms with E-state index in [9.17, 15) is 9.59 Å². The lowest BCUT2D eigenvalue weighted by Crippen LogP contribution is -2.69. The van der Waals surface area contributed by atoms with Crippen LogP contribution in [0.1, 0.15) is 50.0 Å². The van der Waals surface area contributed by atoms with Gasteiger partial charge in [0.1, 0.15) is 12.0 Å². The van der Waals surface area contributed by atoms with Crippen molar-refractivity contribution in [3.8, 4) is 0 Å². The van der Waals surface area contributed by atoms with Crippen LogP contribution in [0.3, 0.4) is 0 Å². The van der Waals surface area contributed by atoms with Gasteiger partial charge >= 0.3 is 5.97 Å². The molecule has 4 aromatic carbocycles. The zero-order valence-corrected chi connectivity index (χ0v) is 37.1. The summed E-state index contributed by atoms with van der Waals surface area (Å²) >= 11 is 0. The fourth-order valence-corrected chi connectivity index (χ4v) is 13.4. The van der Waals surface area contributed by atoms with Gasteiger partial charge in [0.15, 0.2) is 14.1 Å². The highest BCUT2D eigenvalue weighted by atomic mass is 31.2. The van der Waals surface area contributed by atoms with Crippen molar-refractivity contribution in [3.63, 3.8) is 0 Å². The SMILES string of the molecule is C=CCOC(=O)C(N1C(=O)[C@H](C(C)O[Si](C)(C)C(C)(C)C)[C@H]1CC(=O)c1ccc(CC(=O)Nc2ccncc2)cc1)=P(c1ccccc1)(c1ccccc1)c1ccccc1. The van der Waals surface area contributed by atoms with Crippen LogP contribution in [0.25, 0.3) is 0 Å². The highest BCUT2D eigenvalue weighted by Gasteiger charge is 2.57. The van der Waals surface area contributed by atoms with Crippen molar-refractivity contribution in [2.24, 2.45) is 5.92 Å². The summed E-state index contributed by atoms with van der Waals surface area (Å²) in [7, 11) is -2.40. The third-order valence-electron chi connectivity index (χ3n) is 11.6. The Bertz CT molecular complexity index is 2260. The van der Waals surface area contributed by atoms with Crippen molar-refractivity contribution < 1.29 is 28.3 Å². The second-order valence-corrected chi connectivity index (χ2v) is 24.6. The van der Waals surface area contributed by atoms with Crippen LogP contribution in [-0.4, -0.2) is 65.9 Å². The first-order chi connectivity index (χ1) is 28.7. The number of esters is 1. The fourth-order valence-electron chi connectivity index (χ4n) is 7.58. The topological polar surface area (TPSA) is 115 Å². The number of ether oxygens (including phenoxy) is 1. The summed E-state index contributed by atoms with van der Waals surface area (Å²) in [5, 5.41) is 5.27. The van der Waals surface area contributed by atoms with Gasteiger partial charge in [-0.15, -0.1) is 0 Å². The number of benzene rings is 4. The van der Waals surface area contributed by atoms with Gasteiger partial charge in [0.25, 0.3) is 0 Å². The number of hydrogen-bond donors (Lipinski definition) is 1. The van der Waals surface area contributed by atoms with Crippen LogP contribution in [0, 0.1) is 5.92 Å². The summed E-state index contributed by atoms with van der Waals surface area (Å²) in [6.45, 7) is 13.1. The minimum atomic E-state index is -3.21. The molecule has 6 rings (SSSR count). The number of rotatable bonds is 16. The molecule has 9 nitrogen and oxygen atoms in total. The van der Waals surface area contributed by atoms with Gasteiger partial charge in [0.05, 0.1) is 24.5 Å². The second kappa shape index (κ2) is 18.7. The van der Waals surface area contributed by atoms with E-state index in [-0.39, 0.29) is 47.5 Å². The summed E-state index contributed by atoms with van der Waals surface area (Å²) in [4.78, 5) is 63.1. The highest BCUT2D eigenvalue weighted by Crippen LogP contribution is 2.51. The molecule has 1 N–H and O–H groups in total. The van der Waals surface area contributed by atoms with Crippen molar-refractivity contribution >= 4 is 65.8 Å². The molecule has 1 unspecified atom stereocenters. The Labute approximate surface area is 355 Å². The van der Waals surface area contributed by atoms with E-state index in [1.165, 1.54) is 6.08 Å². The lowest BCUT2D eigenvalue weighted by molar-refractivity contribution is -0.156. The maximum atomic E-state index is 15.2. The van der Waals surface area contributed by atoms with Gasteiger partial charge in [-0.25, -0.2) is 4.79 Å². The summed E-state index contributed by atoms with van der Waals surface area (Å²) < 4.78 is 12.9. The zero-order valence-electron chi connectivity index (χ0n) is 35.2. The number of carbonyl (C=O) groups excluding carboxylic acids is 4. The van der Waals surface area contributed by atoms with E-state index < -0.39 is 39.2 Å². The Morgan fingerprint density at radius 1 is 0.833 bits per heavy atom. The first-order valence-electron chi connectivity index (χ1n) is 20.2. The van der Waals surface area contributed by atoms with Crippen molar-refractivity contribution in [2.45, 2.75) is 70.8 Å². The third-order valence-corrected chi connectivity index (χ3v) is 20.4. The molecule has 11 heteroatoms. The van der Waals surface area contributed by atoms with Crippen molar-refractivity contribution in [3.05, 3.63) is 164 Å². The van der Waals surface area contributed by atoms with E-state index in [1.54, 1.807) is 53.7 Å². The number of amides is 2. The summed E-state index contributed by atoms with van der Waals surface area (Å²) in [6.07, 6.45) is 4.19.